The topological polar surface area (TPSA) is 105 Å². The number of rotatable bonds is 10. The number of unbranched alkanes of at least 4 members (excludes halogenated alkanes) is 1. The molecule has 2 aliphatic heterocycles. The fraction of sp³-hybridized carbons (Fsp3) is 0.483. The van der Waals surface area contributed by atoms with Crippen molar-refractivity contribution in [3.8, 4) is 0 Å². The van der Waals surface area contributed by atoms with E-state index in [9.17, 15) is 19.5 Å². The van der Waals surface area contributed by atoms with E-state index in [0.29, 0.717) is 41.9 Å². The highest BCUT2D eigenvalue weighted by Gasteiger charge is 2.66. The number of nitrogens with zero attached hydrogens (tertiary/aromatic N) is 1. The monoisotopic (exact) mass is 556 g/mol. The Labute approximate surface area is 229 Å². The van der Waals surface area contributed by atoms with Crippen LogP contribution >= 0.6 is 0 Å². The Hall–Kier alpha value is -3.08. The van der Waals surface area contributed by atoms with E-state index in [4.69, 9.17) is 9.47 Å². The lowest BCUT2D eigenvalue weighted by Crippen LogP contribution is -2.45. The van der Waals surface area contributed by atoms with Crippen molar-refractivity contribution in [3.63, 3.8) is 0 Å². The van der Waals surface area contributed by atoms with Crippen molar-refractivity contribution < 1.29 is 33.1 Å². The number of hydrogen-bond acceptors (Lipinski definition) is 6. The van der Waals surface area contributed by atoms with Gasteiger partial charge in [0.05, 0.1) is 18.9 Å². The summed E-state index contributed by atoms with van der Waals surface area (Å²) in [6, 6.07) is 14.1. The maximum Gasteiger partial charge on any atom is 0.305 e. The van der Waals surface area contributed by atoms with E-state index in [0.717, 1.165) is 0 Å². The van der Waals surface area contributed by atoms with Crippen LogP contribution in [-0.2, 0) is 24.7 Å². The van der Waals surface area contributed by atoms with Crippen molar-refractivity contribution in [2.75, 3.05) is 30.5 Å². The first-order valence-electron chi connectivity index (χ1n) is 13.4. The molecule has 0 radical (unpaired) electrons. The number of halogens is 1. The number of amides is 2. The number of carbonyl (C=O) groups is 3. The molecule has 1 saturated heterocycles. The molecule has 1 fully saturated rings. The average molecular weight is 557 g/mol. The van der Waals surface area contributed by atoms with E-state index >= 15 is 4.11 Å². The Balaban J connectivity index is 1.72. The van der Waals surface area contributed by atoms with Gasteiger partial charge in [-0.15, -0.1) is 0 Å². The van der Waals surface area contributed by atoms with Gasteiger partial charge in [0, 0.05) is 47.8 Å². The summed E-state index contributed by atoms with van der Waals surface area (Å²) < 4.78 is 27.0. The van der Waals surface area contributed by atoms with E-state index in [2.05, 4.69) is 5.32 Å². The van der Waals surface area contributed by atoms with Gasteiger partial charge in [-0.05, 0) is 62.7 Å². The number of carbonyl (C=O) groups excluding carboxylic acids is 3. The van der Waals surface area contributed by atoms with Crippen molar-refractivity contribution in [1.82, 2.24) is 0 Å². The van der Waals surface area contributed by atoms with Crippen LogP contribution in [0.15, 0.2) is 48.5 Å². The second-order valence-corrected chi connectivity index (χ2v) is 14.6. The first-order chi connectivity index (χ1) is 18.5. The van der Waals surface area contributed by atoms with Crippen LogP contribution in [0, 0.1) is 5.92 Å². The van der Waals surface area contributed by atoms with Crippen LogP contribution in [0.25, 0.3) is 0 Å². The first kappa shape index (κ1) is 28.9. The number of nitrogens with one attached hydrogen (secondary N) is 1. The summed E-state index contributed by atoms with van der Waals surface area (Å²) in [5.74, 6) is -1.37. The maximum atomic E-state index is 15.7. The van der Waals surface area contributed by atoms with Crippen molar-refractivity contribution in [2.24, 2.45) is 5.92 Å². The molecule has 2 aromatic rings. The molecule has 0 aromatic heterocycles. The third-order valence-corrected chi connectivity index (χ3v) is 10.4. The Bertz CT molecular complexity index is 1220. The van der Waals surface area contributed by atoms with E-state index in [1.807, 2.05) is 13.0 Å². The molecule has 1 spiro atoms. The van der Waals surface area contributed by atoms with Gasteiger partial charge in [0.25, 0.3) is 11.8 Å². The molecule has 2 N–H and O–H groups in total. The summed E-state index contributed by atoms with van der Waals surface area (Å²) in [7, 11) is -1.97. The summed E-state index contributed by atoms with van der Waals surface area (Å²) in [6.45, 7) is 5.25. The maximum absolute atomic E-state index is 15.7. The summed E-state index contributed by atoms with van der Waals surface area (Å²) in [5, 5.41) is 12.6. The highest BCUT2D eigenvalue weighted by molar-refractivity contribution is 6.72. The van der Waals surface area contributed by atoms with Gasteiger partial charge < -0.3 is 28.9 Å². The van der Waals surface area contributed by atoms with E-state index in [1.54, 1.807) is 60.5 Å². The molecular weight excluding hydrogens is 519 g/mol. The smallest absolute Gasteiger partial charge is 0.305 e. The predicted octanol–water partition coefficient (Wildman–Crippen LogP) is 4.79. The second-order valence-electron chi connectivity index (χ2n) is 10.8. The fourth-order valence-electron chi connectivity index (χ4n) is 6.18. The second kappa shape index (κ2) is 11.6. The molecule has 0 unspecified atom stereocenters. The number of anilines is 2. The lowest BCUT2D eigenvalue weighted by molar-refractivity contribution is -0.146. The summed E-state index contributed by atoms with van der Waals surface area (Å²) in [4.78, 5) is 40.3. The van der Waals surface area contributed by atoms with E-state index < -0.39 is 31.6 Å². The minimum Gasteiger partial charge on any atom is -0.469 e. The van der Waals surface area contributed by atoms with Gasteiger partial charge in [0.15, 0.2) is 5.60 Å². The summed E-state index contributed by atoms with van der Waals surface area (Å²) in [6.07, 6.45) is 0.958. The third kappa shape index (κ3) is 5.50. The third-order valence-electron chi connectivity index (χ3n) is 7.91. The van der Waals surface area contributed by atoms with E-state index in [1.165, 1.54) is 7.11 Å². The van der Waals surface area contributed by atoms with Gasteiger partial charge in [0.2, 0.25) is 8.41 Å². The lowest BCUT2D eigenvalue weighted by Gasteiger charge is -2.31. The number of aliphatic hydroxyl groups excluding tert-OH is 1. The minimum absolute atomic E-state index is 0.181. The van der Waals surface area contributed by atoms with Gasteiger partial charge in [0.1, 0.15) is 0 Å². The highest BCUT2D eigenvalue weighted by Crippen LogP contribution is 2.60. The molecule has 4 rings (SSSR count). The van der Waals surface area contributed by atoms with Crippen LogP contribution in [0.2, 0.25) is 18.6 Å². The van der Waals surface area contributed by atoms with Gasteiger partial charge in [-0.2, -0.15) is 0 Å². The molecule has 0 bridgehead atoms. The molecule has 0 saturated carbocycles. The minimum atomic E-state index is -3.31. The van der Waals surface area contributed by atoms with E-state index in [-0.39, 0.29) is 37.2 Å². The molecule has 2 aromatic carbocycles. The Morgan fingerprint density at radius 2 is 1.90 bits per heavy atom. The molecular formula is C29H37FN2O6Si. The van der Waals surface area contributed by atoms with Gasteiger partial charge in [-0.25, -0.2) is 0 Å². The van der Waals surface area contributed by atoms with Gasteiger partial charge in [-0.1, -0.05) is 25.1 Å². The van der Waals surface area contributed by atoms with Crippen molar-refractivity contribution in [1.29, 1.82) is 0 Å². The Kier molecular flexibility index (Phi) is 8.58. The number of benzene rings is 2. The van der Waals surface area contributed by atoms with Crippen LogP contribution in [0.5, 0.6) is 0 Å². The summed E-state index contributed by atoms with van der Waals surface area (Å²) in [5.41, 5.74) is 0.272. The number of hydrogen-bond donors (Lipinski definition) is 2. The van der Waals surface area contributed by atoms with Gasteiger partial charge in [-0.3, -0.25) is 14.4 Å². The molecule has 10 heteroatoms. The number of methoxy groups -OCH3 is 1. The molecule has 2 amide bonds. The molecule has 210 valence electrons. The standard InChI is InChI=1S/C29H37FN2O6Si/c1-19-26(39(3,4)30)24(15-17-33)38-29(19)22-18-21(31-27(35)20-10-6-5-7-11-20)13-14-23(22)32(28(29)36)16-9-8-12-25(34)37-2/h5-7,10-11,13-14,18-19,24,26,33H,8-9,12,15-17H2,1-4H3,(H,31,35)/t19-,24+,26-,29+/m0/s1. The largest absolute Gasteiger partial charge is 0.469 e. The Morgan fingerprint density at radius 3 is 2.54 bits per heavy atom. The zero-order valence-corrected chi connectivity index (χ0v) is 23.9. The van der Waals surface area contributed by atoms with Gasteiger partial charge >= 0.3 is 5.97 Å². The molecule has 8 nitrogen and oxygen atoms in total. The summed E-state index contributed by atoms with van der Waals surface area (Å²) >= 11 is 0. The SMILES string of the molecule is COC(=O)CCCCN1C(=O)[C@]2(O[C@H](CCO)[C@@H]([Si](C)(C)F)[C@@H]2C)c2cc(NC(=O)c3ccccc3)ccc21. The van der Waals surface area contributed by atoms with Crippen LogP contribution in [0.1, 0.15) is 48.5 Å². The zero-order valence-electron chi connectivity index (χ0n) is 22.9. The van der Waals surface area contributed by atoms with Crippen LogP contribution in [0.3, 0.4) is 0 Å². The zero-order chi connectivity index (χ0) is 28.4. The van der Waals surface area contributed by atoms with Crippen LogP contribution in [-0.4, -0.2) is 57.7 Å². The van der Waals surface area contributed by atoms with Crippen LogP contribution in [0.4, 0.5) is 15.5 Å². The lowest BCUT2D eigenvalue weighted by atomic mass is 9.82. The number of ether oxygens (including phenoxy) is 2. The number of fused-ring (bicyclic) bond motifs is 2. The predicted molar refractivity (Wildman–Crippen MR) is 149 cm³/mol. The van der Waals surface area contributed by atoms with Crippen molar-refractivity contribution >= 4 is 37.6 Å². The highest BCUT2D eigenvalue weighted by atomic mass is 28.4. The molecule has 2 aliphatic rings. The van der Waals surface area contributed by atoms with Crippen LogP contribution < -0.4 is 10.2 Å². The number of aliphatic hydroxyl groups is 1. The Morgan fingerprint density at radius 1 is 1.18 bits per heavy atom. The quantitative estimate of drug-likeness (QED) is 0.189. The molecule has 0 aliphatic carbocycles. The fourth-order valence-corrected chi connectivity index (χ4v) is 8.72. The normalized spacial score (nSPS) is 24.2. The molecule has 39 heavy (non-hydrogen) atoms. The first-order valence-corrected chi connectivity index (χ1v) is 16.4. The van der Waals surface area contributed by atoms with Crippen molar-refractivity contribution in [2.45, 2.75) is 62.9 Å². The molecule has 4 atom stereocenters. The number of esters is 1. The van der Waals surface area contributed by atoms with Crippen molar-refractivity contribution in [3.05, 3.63) is 59.7 Å². The molecule has 2 heterocycles. The average Bonchev–Trinajstić information content (AvgIpc) is 3.33.